The second-order valence-electron chi connectivity index (χ2n) is 12.6. The number of aliphatic imine (C=N–C) groups is 1. The maximum absolute atomic E-state index is 6.58. The van der Waals surface area contributed by atoms with Gasteiger partial charge in [0.1, 0.15) is 0 Å². The van der Waals surface area contributed by atoms with Crippen molar-refractivity contribution in [3.63, 3.8) is 0 Å². The molecule has 3 aromatic heterocycles. The molecule has 52 heavy (non-hydrogen) atoms. The van der Waals surface area contributed by atoms with Crippen LogP contribution in [0.4, 0.5) is 11.4 Å². The lowest BCUT2D eigenvalue weighted by Crippen LogP contribution is -2.22. The Morgan fingerprint density at radius 3 is 1.27 bits per heavy atom. The summed E-state index contributed by atoms with van der Waals surface area (Å²) in [5, 5.41) is 3.40. The summed E-state index contributed by atoms with van der Waals surface area (Å²) in [6, 6.07) is 49.2. The molecule has 8 bridgehead atoms. The average molecular weight is 672 g/mol. The summed E-state index contributed by atoms with van der Waals surface area (Å²) in [7, 11) is 0. The van der Waals surface area contributed by atoms with Crippen LogP contribution >= 0.6 is 0 Å². The monoisotopic (exact) mass is 671 g/mol. The zero-order valence-electron chi connectivity index (χ0n) is 28.1. The van der Waals surface area contributed by atoms with Crippen LogP contribution in [0.25, 0.3) is 79.8 Å². The molecule has 0 fully saturated rings. The number of hydrogen-bond donors (Lipinski definition) is 4. The number of aromatic amines is 2. The number of hydrogen-bond acceptors (Lipinski definition) is 3. The molecule has 0 unspecified atom stereocenters. The first-order chi connectivity index (χ1) is 25.7. The van der Waals surface area contributed by atoms with Gasteiger partial charge in [-0.2, -0.15) is 0 Å². The van der Waals surface area contributed by atoms with Crippen molar-refractivity contribution < 1.29 is 0 Å². The molecule has 248 valence electrons. The lowest BCUT2D eigenvalue weighted by molar-refractivity contribution is 1.31. The number of aromatic nitrogens is 4. The number of nitrogens with one attached hydrogen (secondary N) is 3. The molecule has 0 saturated carbocycles. The summed E-state index contributed by atoms with van der Waals surface area (Å²) < 4.78 is 0. The van der Waals surface area contributed by atoms with E-state index in [1.54, 1.807) is 0 Å². The van der Waals surface area contributed by atoms with Crippen molar-refractivity contribution in [2.24, 2.45) is 10.7 Å². The Kier molecular flexibility index (Phi) is 7.83. The molecule has 7 heteroatoms. The number of H-pyrrole nitrogens is 2. The number of rotatable bonds is 5. The molecule has 0 spiro atoms. The summed E-state index contributed by atoms with van der Waals surface area (Å²) in [6.45, 7) is 0. The van der Waals surface area contributed by atoms with E-state index >= 15 is 0 Å². The summed E-state index contributed by atoms with van der Waals surface area (Å²) in [4.78, 5) is 22.7. The maximum atomic E-state index is 6.58. The van der Waals surface area contributed by atoms with Crippen molar-refractivity contribution >= 4 is 63.7 Å². The van der Waals surface area contributed by atoms with E-state index in [2.05, 4.69) is 105 Å². The van der Waals surface area contributed by atoms with Gasteiger partial charge in [-0.1, -0.05) is 109 Å². The molecule has 0 aliphatic carbocycles. The van der Waals surface area contributed by atoms with Gasteiger partial charge in [0.25, 0.3) is 0 Å². The lowest BCUT2D eigenvalue weighted by atomic mass is 10.0. The van der Waals surface area contributed by atoms with Crippen LogP contribution in [0.1, 0.15) is 22.8 Å². The van der Waals surface area contributed by atoms with Crippen LogP contribution in [0.15, 0.2) is 151 Å². The highest BCUT2D eigenvalue weighted by Gasteiger charge is 2.18. The molecule has 0 radical (unpaired) electrons. The minimum atomic E-state index is 0.246. The molecule has 0 saturated heterocycles. The number of benzene rings is 4. The van der Waals surface area contributed by atoms with Gasteiger partial charge in [0.05, 0.1) is 39.7 Å². The predicted molar refractivity (Wildman–Crippen MR) is 217 cm³/mol. The smallest absolute Gasteiger partial charge is 0.198 e. The van der Waals surface area contributed by atoms with Gasteiger partial charge in [-0.25, -0.2) is 15.0 Å². The SMILES string of the molecule is NC(=Nc1ccccc1)Nc1c2nc(c(-c3ccccc3)c3ccc([nH]3)c(-c3ccccc3)c3nc(c(-c4ccccc4)c4ccc1[nH]4)C=C3)C=C2. The molecule has 2 aliphatic heterocycles. The Labute approximate surface area is 300 Å². The number of nitrogens with zero attached hydrogens (tertiary/aromatic N) is 3. The second kappa shape index (κ2) is 13.2. The van der Waals surface area contributed by atoms with Crippen molar-refractivity contribution in [3.8, 4) is 33.4 Å². The van der Waals surface area contributed by atoms with Crippen molar-refractivity contribution in [3.05, 3.63) is 168 Å². The molecule has 0 amide bonds. The number of fused-ring (bicyclic) bond motifs is 8. The van der Waals surface area contributed by atoms with Crippen LogP contribution < -0.4 is 11.1 Å². The van der Waals surface area contributed by atoms with Crippen molar-refractivity contribution in [1.29, 1.82) is 0 Å². The number of nitrogens with two attached hydrogens (primary N) is 1. The van der Waals surface area contributed by atoms with Crippen LogP contribution in [0.3, 0.4) is 0 Å². The van der Waals surface area contributed by atoms with Crippen LogP contribution in [0.2, 0.25) is 0 Å². The fourth-order valence-electron chi connectivity index (χ4n) is 6.86. The first-order valence-corrected chi connectivity index (χ1v) is 17.2. The average Bonchev–Trinajstić information content (AvgIpc) is 4.03. The van der Waals surface area contributed by atoms with Gasteiger partial charge in [-0.15, -0.1) is 0 Å². The van der Waals surface area contributed by atoms with Gasteiger partial charge in [0.2, 0.25) is 0 Å². The number of para-hydroxylation sites is 1. The van der Waals surface area contributed by atoms with E-state index < -0.39 is 0 Å². The highest BCUT2D eigenvalue weighted by Crippen LogP contribution is 2.37. The highest BCUT2D eigenvalue weighted by atomic mass is 15.1. The molecule has 5 N–H and O–H groups in total. The third-order valence-corrected chi connectivity index (χ3v) is 9.20. The number of guanidine groups is 1. The number of anilines is 1. The molecule has 7 nitrogen and oxygen atoms in total. The van der Waals surface area contributed by atoms with Gasteiger partial charge in [-0.3, -0.25) is 0 Å². The molecule has 2 aliphatic rings. The second-order valence-corrected chi connectivity index (χ2v) is 12.6. The van der Waals surface area contributed by atoms with Gasteiger partial charge >= 0.3 is 0 Å². The third-order valence-electron chi connectivity index (χ3n) is 9.20. The standard InChI is InChI=1S/C45H33N7/c46-45(47-32-19-11-4-12-20-32)52-44-39-27-25-37(50-39)42(30-15-7-2-8-16-30)35-23-21-33(48-35)41(29-13-5-1-6-14-29)34-22-24-36(49-34)43(31-17-9-3-10-18-31)38-26-28-40(44)51-38/h1-28,48,51H,(H3,46,47,52). The molecular formula is C45H33N7. The topological polar surface area (TPSA) is 108 Å². The Morgan fingerprint density at radius 2 is 0.808 bits per heavy atom. The van der Waals surface area contributed by atoms with E-state index in [1.807, 2.05) is 84.9 Å². The van der Waals surface area contributed by atoms with Crippen molar-refractivity contribution in [1.82, 2.24) is 19.9 Å². The Balaban J connectivity index is 1.41. The maximum Gasteiger partial charge on any atom is 0.198 e. The lowest BCUT2D eigenvalue weighted by Gasteiger charge is -2.08. The summed E-state index contributed by atoms with van der Waals surface area (Å²) >= 11 is 0. The molecule has 4 aromatic carbocycles. The van der Waals surface area contributed by atoms with E-state index in [9.17, 15) is 0 Å². The van der Waals surface area contributed by atoms with Crippen LogP contribution in [-0.2, 0) is 0 Å². The van der Waals surface area contributed by atoms with E-state index in [0.717, 1.165) is 78.2 Å². The first kappa shape index (κ1) is 30.8. The quantitative estimate of drug-likeness (QED) is 0.108. The van der Waals surface area contributed by atoms with Crippen molar-refractivity contribution in [2.45, 2.75) is 0 Å². The normalized spacial score (nSPS) is 12.3. The van der Waals surface area contributed by atoms with Crippen LogP contribution in [0.5, 0.6) is 0 Å². The Hall–Kier alpha value is -7.25. The predicted octanol–water partition coefficient (Wildman–Crippen LogP) is 10.7. The summed E-state index contributed by atoms with van der Waals surface area (Å²) in [5.41, 5.74) is 21.0. The van der Waals surface area contributed by atoms with Crippen LogP contribution in [0, 0.1) is 0 Å². The fourth-order valence-corrected chi connectivity index (χ4v) is 6.86. The minimum absolute atomic E-state index is 0.246. The molecule has 5 heterocycles. The van der Waals surface area contributed by atoms with Gasteiger partial charge in [0, 0.05) is 33.2 Å². The zero-order chi connectivity index (χ0) is 34.9. The fraction of sp³-hybridized carbons (Fsp3) is 0. The van der Waals surface area contributed by atoms with E-state index in [-0.39, 0.29) is 5.96 Å². The Bertz CT molecular complexity index is 2650. The zero-order valence-corrected chi connectivity index (χ0v) is 28.1. The third kappa shape index (κ3) is 5.86. The summed E-state index contributed by atoms with van der Waals surface area (Å²) in [5.74, 6) is 0.246. The first-order valence-electron chi connectivity index (χ1n) is 17.2. The van der Waals surface area contributed by atoms with E-state index in [1.165, 1.54) is 0 Å². The van der Waals surface area contributed by atoms with Gasteiger partial charge in [-0.05, 0) is 77.4 Å². The van der Waals surface area contributed by atoms with Crippen molar-refractivity contribution in [2.75, 3.05) is 5.32 Å². The largest absolute Gasteiger partial charge is 0.369 e. The Morgan fingerprint density at radius 1 is 0.442 bits per heavy atom. The van der Waals surface area contributed by atoms with Gasteiger partial charge in [0.15, 0.2) is 5.96 Å². The molecule has 7 aromatic rings. The highest BCUT2D eigenvalue weighted by molar-refractivity contribution is 6.03. The van der Waals surface area contributed by atoms with Gasteiger partial charge < -0.3 is 21.0 Å². The summed E-state index contributed by atoms with van der Waals surface area (Å²) in [6.07, 6.45) is 8.28. The van der Waals surface area contributed by atoms with E-state index in [4.69, 9.17) is 15.7 Å². The van der Waals surface area contributed by atoms with E-state index in [0.29, 0.717) is 11.4 Å². The minimum Gasteiger partial charge on any atom is -0.369 e. The molecule has 9 rings (SSSR count). The molecular weight excluding hydrogens is 639 g/mol. The van der Waals surface area contributed by atoms with Crippen LogP contribution in [-0.4, -0.2) is 25.9 Å². The molecule has 0 atom stereocenters.